The number of ketones is 1. The van der Waals surface area contributed by atoms with Crippen LogP contribution in [-0.2, 0) is 23.0 Å². The first kappa shape index (κ1) is 10.9. The van der Waals surface area contributed by atoms with Gasteiger partial charge < -0.3 is 4.74 Å². The number of carbonyl (C=O) groups excluding carboxylic acids is 1. The summed E-state index contributed by atoms with van der Waals surface area (Å²) in [6.45, 7) is 3.54. The van der Waals surface area contributed by atoms with Gasteiger partial charge in [0.05, 0.1) is 6.20 Å². The molecule has 0 atom stereocenters. The second-order valence-electron chi connectivity index (χ2n) is 3.84. The van der Waals surface area contributed by atoms with Crippen molar-refractivity contribution in [3.8, 4) is 0 Å². The number of hydrogen-bond acceptors (Lipinski definition) is 3. The van der Waals surface area contributed by atoms with Gasteiger partial charge in [-0.1, -0.05) is 0 Å². The van der Waals surface area contributed by atoms with Crippen molar-refractivity contribution in [1.29, 1.82) is 0 Å². The van der Waals surface area contributed by atoms with Crippen LogP contribution in [0.25, 0.3) is 0 Å². The molecule has 0 saturated carbocycles. The SMILES string of the molecule is COC(C)(C)C(=O)Cc1cnn(C)c1. The van der Waals surface area contributed by atoms with Crippen LogP contribution in [0.15, 0.2) is 12.4 Å². The first-order valence-electron chi connectivity index (χ1n) is 4.51. The van der Waals surface area contributed by atoms with Gasteiger partial charge in [0.25, 0.3) is 0 Å². The quantitative estimate of drug-likeness (QED) is 0.720. The number of aryl methyl sites for hydroxylation is 1. The molecule has 0 amide bonds. The van der Waals surface area contributed by atoms with E-state index in [-0.39, 0.29) is 5.78 Å². The molecule has 0 bridgehead atoms. The molecular weight excluding hydrogens is 180 g/mol. The Bertz CT molecular complexity index is 329. The Kier molecular flexibility index (Phi) is 3.06. The number of rotatable bonds is 4. The van der Waals surface area contributed by atoms with Crippen LogP contribution in [0, 0.1) is 0 Å². The summed E-state index contributed by atoms with van der Waals surface area (Å²) in [7, 11) is 3.37. The van der Waals surface area contributed by atoms with Crippen LogP contribution < -0.4 is 0 Å². The second-order valence-corrected chi connectivity index (χ2v) is 3.84. The molecule has 0 aromatic carbocycles. The summed E-state index contributed by atoms with van der Waals surface area (Å²) in [5.74, 6) is 0.0630. The van der Waals surface area contributed by atoms with Gasteiger partial charge in [-0.05, 0) is 19.4 Å². The topological polar surface area (TPSA) is 44.1 Å². The lowest BCUT2D eigenvalue weighted by molar-refractivity contribution is -0.136. The third-order valence-electron chi connectivity index (χ3n) is 2.30. The third-order valence-corrected chi connectivity index (χ3v) is 2.30. The van der Waals surface area contributed by atoms with Crippen molar-refractivity contribution in [2.75, 3.05) is 7.11 Å². The van der Waals surface area contributed by atoms with Gasteiger partial charge in [-0.25, -0.2) is 0 Å². The molecule has 0 radical (unpaired) electrons. The zero-order valence-electron chi connectivity index (χ0n) is 9.07. The minimum absolute atomic E-state index is 0.0630. The average molecular weight is 196 g/mol. The Morgan fingerprint density at radius 2 is 2.29 bits per heavy atom. The first-order chi connectivity index (χ1) is 6.45. The van der Waals surface area contributed by atoms with Crippen molar-refractivity contribution in [3.63, 3.8) is 0 Å². The van der Waals surface area contributed by atoms with Crippen molar-refractivity contribution in [2.24, 2.45) is 7.05 Å². The fourth-order valence-corrected chi connectivity index (χ4v) is 1.08. The molecule has 0 aliphatic carbocycles. The predicted molar refractivity (Wildman–Crippen MR) is 53.0 cm³/mol. The minimum Gasteiger partial charge on any atom is -0.371 e. The summed E-state index contributed by atoms with van der Waals surface area (Å²) in [6, 6.07) is 0. The van der Waals surface area contributed by atoms with Crippen LogP contribution >= 0.6 is 0 Å². The van der Waals surface area contributed by atoms with E-state index in [1.807, 2.05) is 13.2 Å². The van der Waals surface area contributed by atoms with E-state index < -0.39 is 5.60 Å². The van der Waals surface area contributed by atoms with Crippen molar-refractivity contribution < 1.29 is 9.53 Å². The molecule has 0 fully saturated rings. The molecule has 78 valence electrons. The van der Waals surface area contributed by atoms with Crippen LogP contribution in [0.1, 0.15) is 19.4 Å². The maximum atomic E-state index is 11.7. The maximum Gasteiger partial charge on any atom is 0.168 e. The van der Waals surface area contributed by atoms with Gasteiger partial charge in [0.15, 0.2) is 5.78 Å². The molecule has 0 spiro atoms. The smallest absolute Gasteiger partial charge is 0.168 e. The molecule has 4 heteroatoms. The number of carbonyl (C=O) groups is 1. The highest BCUT2D eigenvalue weighted by atomic mass is 16.5. The molecule has 14 heavy (non-hydrogen) atoms. The molecule has 4 nitrogen and oxygen atoms in total. The van der Waals surface area contributed by atoms with Crippen molar-refractivity contribution in [1.82, 2.24) is 9.78 Å². The highest BCUT2D eigenvalue weighted by Crippen LogP contribution is 2.12. The van der Waals surface area contributed by atoms with Crippen LogP contribution in [0.3, 0.4) is 0 Å². The molecule has 1 aromatic rings. The third kappa shape index (κ3) is 2.42. The van der Waals surface area contributed by atoms with Gasteiger partial charge in [0, 0.05) is 26.8 Å². The Balaban J connectivity index is 2.66. The van der Waals surface area contributed by atoms with Gasteiger partial charge in [0.1, 0.15) is 5.60 Å². The van der Waals surface area contributed by atoms with Crippen molar-refractivity contribution in [3.05, 3.63) is 18.0 Å². The average Bonchev–Trinajstić information content (AvgIpc) is 2.51. The lowest BCUT2D eigenvalue weighted by atomic mass is 9.98. The van der Waals surface area contributed by atoms with Crippen molar-refractivity contribution >= 4 is 5.78 Å². The monoisotopic (exact) mass is 196 g/mol. The molecule has 1 aromatic heterocycles. The van der Waals surface area contributed by atoms with Crippen LogP contribution in [0.2, 0.25) is 0 Å². The minimum atomic E-state index is -0.712. The van der Waals surface area contributed by atoms with E-state index in [4.69, 9.17) is 4.74 Å². The number of methoxy groups -OCH3 is 1. The van der Waals surface area contributed by atoms with Crippen LogP contribution in [-0.4, -0.2) is 28.3 Å². The number of nitrogens with zero attached hydrogens (tertiary/aromatic N) is 2. The predicted octanol–water partition coefficient (Wildman–Crippen LogP) is 0.957. The Labute approximate surface area is 83.9 Å². The van der Waals surface area contributed by atoms with E-state index in [9.17, 15) is 4.79 Å². The fourth-order valence-electron chi connectivity index (χ4n) is 1.08. The molecule has 0 unspecified atom stereocenters. The van der Waals surface area contributed by atoms with E-state index in [0.29, 0.717) is 6.42 Å². The number of hydrogen-bond donors (Lipinski definition) is 0. The highest BCUT2D eigenvalue weighted by Gasteiger charge is 2.26. The number of aromatic nitrogens is 2. The van der Waals surface area contributed by atoms with E-state index in [2.05, 4.69) is 5.10 Å². The molecule has 0 aliphatic rings. The van der Waals surface area contributed by atoms with Crippen LogP contribution in [0.4, 0.5) is 0 Å². The second kappa shape index (κ2) is 3.92. The van der Waals surface area contributed by atoms with Gasteiger partial charge >= 0.3 is 0 Å². The highest BCUT2D eigenvalue weighted by molar-refractivity contribution is 5.88. The molecular formula is C10H16N2O2. The number of Topliss-reactive ketones (excluding diaryl/α,β-unsaturated/α-hetero) is 1. The zero-order valence-corrected chi connectivity index (χ0v) is 9.07. The molecule has 0 aliphatic heterocycles. The van der Waals surface area contributed by atoms with Gasteiger partial charge in [-0.3, -0.25) is 9.48 Å². The van der Waals surface area contributed by atoms with Gasteiger partial charge in [-0.15, -0.1) is 0 Å². The lowest BCUT2D eigenvalue weighted by Crippen LogP contribution is -2.34. The van der Waals surface area contributed by atoms with Crippen molar-refractivity contribution in [2.45, 2.75) is 25.9 Å². The van der Waals surface area contributed by atoms with Gasteiger partial charge in [0.2, 0.25) is 0 Å². The summed E-state index contributed by atoms with van der Waals surface area (Å²) < 4.78 is 6.78. The summed E-state index contributed by atoms with van der Waals surface area (Å²) in [4.78, 5) is 11.7. The molecule has 1 heterocycles. The van der Waals surface area contributed by atoms with E-state index in [1.165, 1.54) is 0 Å². The maximum absolute atomic E-state index is 11.7. The number of ether oxygens (including phenoxy) is 1. The van der Waals surface area contributed by atoms with Crippen LogP contribution in [0.5, 0.6) is 0 Å². The summed E-state index contributed by atoms with van der Waals surface area (Å²) in [5, 5.41) is 4.00. The zero-order chi connectivity index (χ0) is 10.8. The van der Waals surface area contributed by atoms with E-state index in [1.54, 1.807) is 31.8 Å². The summed E-state index contributed by atoms with van der Waals surface area (Å²) in [5.41, 5.74) is 0.207. The molecule has 0 saturated heterocycles. The van der Waals surface area contributed by atoms with Gasteiger partial charge in [-0.2, -0.15) is 5.10 Å². The first-order valence-corrected chi connectivity index (χ1v) is 4.51. The summed E-state index contributed by atoms with van der Waals surface area (Å²) >= 11 is 0. The normalized spacial score (nSPS) is 11.7. The molecule has 0 N–H and O–H groups in total. The fraction of sp³-hybridized carbons (Fsp3) is 0.600. The largest absolute Gasteiger partial charge is 0.371 e. The Hall–Kier alpha value is -1.16. The standard InChI is InChI=1S/C10H16N2O2/c1-10(2,14-4)9(13)5-8-6-11-12(3)7-8/h6-7H,5H2,1-4H3. The molecule has 1 rings (SSSR count). The summed E-state index contributed by atoms with van der Waals surface area (Å²) in [6.07, 6.45) is 3.90. The lowest BCUT2D eigenvalue weighted by Gasteiger charge is -2.20. The van der Waals surface area contributed by atoms with E-state index >= 15 is 0 Å². The Morgan fingerprint density at radius 1 is 1.64 bits per heavy atom. The Morgan fingerprint density at radius 3 is 2.71 bits per heavy atom. The van der Waals surface area contributed by atoms with E-state index in [0.717, 1.165) is 5.56 Å².